The van der Waals surface area contributed by atoms with Gasteiger partial charge in [0.15, 0.2) is 11.6 Å². The van der Waals surface area contributed by atoms with Gasteiger partial charge in [-0.1, -0.05) is 23.9 Å². The number of hydrogen-bond acceptors (Lipinski definition) is 8. The highest BCUT2D eigenvalue weighted by Crippen LogP contribution is 2.30. The highest BCUT2D eigenvalue weighted by Gasteiger charge is 2.14. The van der Waals surface area contributed by atoms with E-state index in [4.69, 9.17) is 18.6 Å². The Hall–Kier alpha value is -2.78. The molecule has 0 aliphatic carbocycles. The Morgan fingerprint density at radius 1 is 1.11 bits per heavy atom. The minimum absolute atomic E-state index is 0.0536. The van der Waals surface area contributed by atoms with Crippen LogP contribution >= 0.6 is 11.8 Å². The van der Waals surface area contributed by atoms with Gasteiger partial charge in [-0.25, -0.2) is 4.39 Å². The van der Waals surface area contributed by atoms with Crippen molar-refractivity contribution in [2.75, 3.05) is 26.6 Å². The van der Waals surface area contributed by atoms with Gasteiger partial charge in [-0.3, -0.25) is 0 Å². The molecule has 9 heteroatoms. The third kappa shape index (κ3) is 5.14. The highest BCUT2D eigenvalue weighted by molar-refractivity contribution is 7.99. The Morgan fingerprint density at radius 3 is 2.50 bits per heavy atom. The predicted molar refractivity (Wildman–Crippen MR) is 101 cm³/mol. The Balaban J connectivity index is 1.57. The summed E-state index contributed by atoms with van der Waals surface area (Å²) >= 11 is 1.18. The number of halogens is 1. The SMILES string of the molecule is COc1cc(OC)cc(-c2nnc(SC[C@@H](O)COc3ccccc3F)o2)c1. The van der Waals surface area contributed by atoms with Crippen molar-refractivity contribution in [3.05, 3.63) is 48.3 Å². The zero-order valence-corrected chi connectivity index (χ0v) is 16.1. The van der Waals surface area contributed by atoms with Crippen LogP contribution in [0.25, 0.3) is 11.5 Å². The van der Waals surface area contributed by atoms with Crippen LogP contribution in [0, 0.1) is 5.82 Å². The van der Waals surface area contributed by atoms with E-state index in [-0.39, 0.29) is 18.1 Å². The van der Waals surface area contributed by atoms with Gasteiger partial charge in [0, 0.05) is 17.4 Å². The Bertz CT molecular complexity index is 899. The molecule has 0 aliphatic heterocycles. The van der Waals surface area contributed by atoms with Crippen LogP contribution in [-0.4, -0.2) is 48.0 Å². The molecule has 3 aromatic rings. The topological polar surface area (TPSA) is 86.8 Å². The molecule has 3 rings (SSSR count). The van der Waals surface area contributed by atoms with E-state index in [0.717, 1.165) is 0 Å². The molecule has 0 spiro atoms. The second-order valence-corrected chi connectivity index (χ2v) is 6.65. The molecule has 0 bridgehead atoms. The summed E-state index contributed by atoms with van der Waals surface area (Å²) in [5.41, 5.74) is 0.652. The molecular formula is C19H19FN2O5S. The normalized spacial score (nSPS) is 11.9. The molecule has 1 atom stereocenters. The summed E-state index contributed by atoms with van der Waals surface area (Å²) in [5.74, 6) is 1.37. The molecule has 0 aliphatic rings. The number of benzene rings is 2. The lowest BCUT2D eigenvalue weighted by Crippen LogP contribution is -2.20. The number of nitrogens with zero attached hydrogens (tertiary/aromatic N) is 2. The Labute approximate surface area is 165 Å². The molecule has 0 amide bonds. The van der Waals surface area contributed by atoms with Crippen molar-refractivity contribution < 1.29 is 28.1 Å². The van der Waals surface area contributed by atoms with E-state index in [9.17, 15) is 9.50 Å². The molecule has 1 N–H and O–H groups in total. The first-order chi connectivity index (χ1) is 13.6. The van der Waals surface area contributed by atoms with Crippen LogP contribution in [0.4, 0.5) is 4.39 Å². The number of aromatic nitrogens is 2. The minimum Gasteiger partial charge on any atom is -0.497 e. The summed E-state index contributed by atoms with van der Waals surface area (Å²) in [7, 11) is 3.11. The van der Waals surface area contributed by atoms with Crippen LogP contribution in [0.15, 0.2) is 52.1 Å². The van der Waals surface area contributed by atoms with Crippen molar-refractivity contribution >= 4 is 11.8 Å². The molecule has 0 saturated heterocycles. The average Bonchev–Trinajstić information content (AvgIpc) is 3.20. The van der Waals surface area contributed by atoms with Crippen LogP contribution in [0.3, 0.4) is 0 Å². The third-order valence-electron chi connectivity index (χ3n) is 3.67. The number of hydrogen-bond donors (Lipinski definition) is 1. The number of aliphatic hydroxyl groups excluding tert-OH is 1. The van der Waals surface area contributed by atoms with Crippen LogP contribution in [0.5, 0.6) is 17.2 Å². The fourth-order valence-corrected chi connectivity index (χ4v) is 2.95. The van der Waals surface area contributed by atoms with Crippen LogP contribution in [0.1, 0.15) is 0 Å². The van der Waals surface area contributed by atoms with E-state index in [1.807, 2.05) is 0 Å². The van der Waals surface area contributed by atoms with Crippen LogP contribution in [0.2, 0.25) is 0 Å². The first-order valence-electron chi connectivity index (χ1n) is 8.34. The fraction of sp³-hybridized carbons (Fsp3) is 0.263. The standard InChI is InChI=1S/C19H19FN2O5S/c1-24-14-7-12(8-15(9-14)25-2)18-21-22-19(27-18)28-11-13(23)10-26-17-6-4-3-5-16(17)20/h3-9,13,23H,10-11H2,1-2H3/t13-/m0/s1. The molecular weight excluding hydrogens is 387 g/mol. The fourth-order valence-electron chi connectivity index (χ4n) is 2.28. The van der Waals surface area contributed by atoms with Gasteiger partial charge in [-0.15, -0.1) is 10.2 Å². The van der Waals surface area contributed by atoms with E-state index in [1.165, 1.54) is 23.9 Å². The lowest BCUT2D eigenvalue weighted by molar-refractivity contribution is 0.123. The molecule has 0 saturated carbocycles. The Kier molecular flexibility index (Phi) is 6.72. The number of thioether (sulfide) groups is 1. The summed E-state index contributed by atoms with van der Waals surface area (Å²) < 4.78 is 34.9. The lowest BCUT2D eigenvalue weighted by Gasteiger charge is -2.11. The smallest absolute Gasteiger partial charge is 0.276 e. The first-order valence-corrected chi connectivity index (χ1v) is 9.32. The van der Waals surface area contributed by atoms with Crippen LogP contribution in [-0.2, 0) is 0 Å². The van der Waals surface area contributed by atoms with Crippen molar-refractivity contribution in [1.82, 2.24) is 10.2 Å². The van der Waals surface area contributed by atoms with Gasteiger partial charge in [0.2, 0.25) is 5.89 Å². The monoisotopic (exact) mass is 406 g/mol. The maximum atomic E-state index is 13.5. The van der Waals surface area contributed by atoms with Gasteiger partial charge in [0.25, 0.3) is 5.22 Å². The molecule has 1 heterocycles. The van der Waals surface area contributed by atoms with Crippen molar-refractivity contribution in [2.45, 2.75) is 11.3 Å². The molecule has 0 unspecified atom stereocenters. The summed E-state index contributed by atoms with van der Waals surface area (Å²) in [6.45, 7) is -0.0536. The molecule has 148 valence electrons. The Morgan fingerprint density at radius 2 is 1.82 bits per heavy atom. The molecule has 28 heavy (non-hydrogen) atoms. The number of aliphatic hydroxyl groups is 1. The third-order valence-corrected chi connectivity index (χ3v) is 4.64. The zero-order chi connectivity index (χ0) is 19.9. The summed E-state index contributed by atoms with van der Waals surface area (Å²) in [6.07, 6.45) is -0.836. The molecule has 0 radical (unpaired) electrons. The van der Waals surface area contributed by atoms with E-state index < -0.39 is 11.9 Å². The number of rotatable bonds is 9. The van der Waals surface area contributed by atoms with E-state index in [1.54, 1.807) is 44.6 Å². The molecule has 0 fully saturated rings. The van der Waals surface area contributed by atoms with Gasteiger partial charge in [0.05, 0.1) is 20.3 Å². The number of methoxy groups -OCH3 is 2. The van der Waals surface area contributed by atoms with E-state index >= 15 is 0 Å². The van der Waals surface area contributed by atoms with Gasteiger partial charge in [-0.2, -0.15) is 0 Å². The quantitative estimate of drug-likeness (QED) is 0.541. The van der Waals surface area contributed by atoms with Gasteiger partial charge in [0.1, 0.15) is 18.1 Å². The first kappa shape index (κ1) is 20.0. The molecule has 1 aromatic heterocycles. The predicted octanol–water partition coefficient (Wildman–Crippen LogP) is 3.42. The van der Waals surface area contributed by atoms with Crippen molar-refractivity contribution in [3.63, 3.8) is 0 Å². The number of ether oxygens (including phenoxy) is 3. The van der Waals surface area contributed by atoms with Crippen molar-refractivity contribution in [1.29, 1.82) is 0 Å². The van der Waals surface area contributed by atoms with Crippen LogP contribution < -0.4 is 14.2 Å². The van der Waals surface area contributed by atoms with E-state index in [2.05, 4.69) is 10.2 Å². The van der Waals surface area contributed by atoms with Gasteiger partial charge < -0.3 is 23.7 Å². The summed E-state index contributed by atoms with van der Waals surface area (Å²) in [6, 6.07) is 11.3. The zero-order valence-electron chi connectivity index (χ0n) is 15.3. The minimum atomic E-state index is -0.836. The summed E-state index contributed by atoms with van der Waals surface area (Å²) in [4.78, 5) is 0. The maximum Gasteiger partial charge on any atom is 0.276 e. The maximum absolute atomic E-state index is 13.5. The van der Waals surface area contributed by atoms with E-state index in [0.29, 0.717) is 28.2 Å². The number of para-hydroxylation sites is 1. The lowest BCUT2D eigenvalue weighted by atomic mass is 10.2. The molecule has 2 aromatic carbocycles. The molecule has 7 nitrogen and oxygen atoms in total. The van der Waals surface area contributed by atoms with Crippen molar-refractivity contribution in [2.24, 2.45) is 0 Å². The average molecular weight is 406 g/mol. The second-order valence-electron chi connectivity index (χ2n) is 5.68. The second kappa shape index (κ2) is 9.43. The van der Waals surface area contributed by atoms with Crippen molar-refractivity contribution in [3.8, 4) is 28.7 Å². The summed E-state index contributed by atoms with van der Waals surface area (Å²) in [5, 5.41) is 18.3. The van der Waals surface area contributed by atoms with Gasteiger partial charge in [-0.05, 0) is 24.3 Å². The van der Waals surface area contributed by atoms with Gasteiger partial charge >= 0.3 is 0 Å². The largest absolute Gasteiger partial charge is 0.497 e. The highest BCUT2D eigenvalue weighted by atomic mass is 32.2.